The average molecular weight is 251 g/mol. The van der Waals surface area contributed by atoms with Crippen LogP contribution in [0.15, 0.2) is 42.5 Å². The van der Waals surface area contributed by atoms with Crippen LogP contribution in [0.4, 0.5) is 0 Å². The second-order valence-corrected chi connectivity index (χ2v) is 5.80. The minimum atomic E-state index is -0.313. The first-order valence-electron chi connectivity index (χ1n) is 7.06. The lowest BCUT2D eigenvalue weighted by Crippen LogP contribution is -2.41. The summed E-state index contributed by atoms with van der Waals surface area (Å²) in [7, 11) is 0. The van der Waals surface area contributed by atoms with Gasteiger partial charge in [0.15, 0.2) is 0 Å². The van der Waals surface area contributed by atoms with Crippen LogP contribution >= 0.6 is 0 Å². The molecule has 19 heavy (non-hydrogen) atoms. The third-order valence-corrected chi connectivity index (χ3v) is 4.38. The topological polar surface area (TPSA) is 26.0 Å². The van der Waals surface area contributed by atoms with E-state index in [1.165, 1.54) is 34.2 Å². The lowest BCUT2D eigenvalue weighted by Gasteiger charge is -2.37. The molecule has 2 aromatic carbocycles. The molecule has 0 fully saturated rings. The Labute approximate surface area is 115 Å². The smallest absolute Gasteiger partial charge is 0.0670 e. The van der Waals surface area contributed by atoms with E-state index in [0.717, 1.165) is 12.8 Å². The molecule has 98 valence electrons. The Bertz CT molecular complexity index is 615. The van der Waals surface area contributed by atoms with Gasteiger partial charge in [0.05, 0.1) is 5.54 Å². The van der Waals surface area contributed by atoms with Gasteiger partial charge < -0.3 is 5.73 Å². The van der Waals surface area contributed by atoms with E-state index in [-0.39, 0.29) is 5.54 Å². The molecule has 0 spiro atoms. The summed E-state index contributed by atoms with van der Waals surface area (Å²) in [5.74, 6) is 0. The Balaban J connectivity index is 2.19. The molecule has 0 bridgehead atoms. The summed E-state index contributed by atoms with van der Waals surface area (Å²) in [6, 6.07) is 15.3. The molecule has 1 aliphatic carbocycles. The second-order valence-electron chi connectivity index (χ2n) is 5.80. The number of aryl methyl sites for hydroxylation is 3. The molecule has 1 atom stereocenters. The molecule has 0 heterocycles. The summed E-state index contributed by atoms with van der Waals surface area (Å²) in [5.41, 5.74) is 13.1. The van der Waals surface area contributed by atoms with Crippen molar-refractivity contribution in [1.29, 1.82) is 0 Å². The molecule has 0 aromatic heterocycles. The Hall–Kier alpha value is -1.60. The van der Waals surface area contributed by atoms with E-state index in [4.69, 9.17) is 5.73 Å². The van der Waals surface area contributed by atoms with Crippen molar-refractivity contribution in [1.82, 2.24) is 0 Å². The summed E-state index contributed by atoms with van der Waals surface area (Å²) in [6.45, 7) is 4.31. The van der Waals surface area contributed by atoms with Crippen molar-refractivity contribution >= 4 is 0 Å². The molecule has 1 unspecified atom stereocenters. The Morgan fingerprint density at radius 2 is 1.79 bits per heavy atom. The molecule has 0 aliphatic heterocycles. The van der Waals surface area contributed by atoms with Gasteiger partial charge in [0.2, 0.25) is 0 Å². The van der Waals surface area contributed by atoms with Gasteiger partial charge >= 0.3 is 0 Å². The van der Waals surface area contributed by atoms with Crippen LogP contribution in [0.2, 0.25) is 0 Å². The van der Waals surface area contributed by atoms with Crippen molar-refractivity contribution in [3.05, 3.63) is 70.3 Å². The van der Waals surface area contributed by atoms with Crippen molar-refractivity contribution in [3.8, 4) is 0 Å². The summed E-state index contributed by atoms with van der Waals surface area (Å²) >= 11 is 0. The summed E-state index contributed by atoms with van der Waals surface area (Å²) in [4.78, 5) is 0. The molecule has 1 heteroatoms. The number of hydrogen-bond acceptors (Lipinski definition) is 1. The maximum atomic E-state index is 6.84. The van der Waals surface area contributed by atoms with Crippen LogP contribution in [0.25, 0.3) is 0 Å². The fraction of sp³-hybridized carbons (Fsp3) is 0.333. The van der Waals surface area contributed by atoms with Crippen LogP contribution in [0.1, 0.15) is 40.7 Å². The van der Waals surface area contributed by atoms with Gasteiger partial charge in [-0.05, 0) is 55.4 Å². The highest BCUT2D eigenvalue weighted by molar-refractivity contribution is 5.47. The molecule has 0 radical (unpaired) electrons. The van der Waals surface area contributed by atoms with Crippen molar-refractivity contribution in [3.63, 3.8) is 0 Å². The normalized spacial score (nSPS) is 22.1. The van der Waals surface area contributed by atoms with Gasteiger partial charge in [0.1, 0.15) is 0 Å². The minimum absolute atomic E-state index is 0.313. The SMILES string of the molecule is Cc1ccc(C2(N)CCCc3ccccc32)c(C)c1. The molecular weight excluding hydrogens is 230 g/mol. The summed E-state index contributed by atoms with van der Waals surface area (Å²) in [6.07, 6.45) is 3.36. The molecule has 1 nitrogen and oxygen atoms in total. The zero-order valence-electron chi connectivity index (χ0n) is 11.7. The van der Waals surface area contributed by atoms with E-state index in [1.54, 1.807) is 0 Å². The van der Waals surface area contributed by atoms with Crippen molar-refractivity contribution in [2.45, 2.75) is 38.6 Å². The first-order chi connectivity index (χ1) is 9.11. The highest BCUT2D eigenvalue weighted by atomic mass is 14.8. The lowest BCUT2D eigenvalue weighted by molar-refractivity contribution is 0.440. The lowest BCUT2D eigenvalue weighted by atomic mass is 9.72. The highest BCUT2D eigenvalue weighted by Crippen LogP contribution is 2.39. The van der Waals surface area contributed by atoms with Gasteiger partial charge in [0.25, 0.3) is 0 Å². The van der Waals surface area contributed by atoms with Crippen molar-refractivity contribution in [2.24, 2.45) is 5.73 Å². The number of nitrogens with two attached hydrogens (primary N) is 1. The van der Waals surface area contributed by atoms with Gasteiger partial charge in [-0.3, -0.25) is 0 Å². The van der Waals surface area contributed by atoms with E-state index < -0.39 is 0 Å². The third-order valence-electron chi connectivity index (χ3n) is 4.38. The first kappa shape index (κ1) is 12.4. The summed E-state index contributed by atoms with van der Waals surface area (Å²) < 4.78 is 0. The van der Waals surface area contributed by atoms with E-state index in [1.807, 2.05) is 0 Å². The Kier molecular flexibility index (Phi) is 2.94. The molecule has 3 rings (SSSR count). The van der Waals surface area contributed by atoms with E-state index in [9.17, 15) is 0 Å². The molecule has 2 N–H and O–H groups in total. The van der Waals surface area contributed by atoms with Crippen LogP contribution in [0.3, 0.4) is 0 Å². The third kappa shape index (κ3) is 1.98. The predicted octanol–water partition coefficient (Wildman–Crippen LogP) is 3.84. The zero-order chi connectivity index (χ0) is 13.5. The fourth-order valence-corrected chi connectivity index (χ4v) is 3.46. The quantitative estimate of drug-likeness (QED) is 0.818. The zero-order valence-corrected chi connectivity index (χ0v) is 11.7. The molecule has 0 amide bonds. The highest BCUT2D eigenvalue weighted by Gasteiger charge is 2.34. The summed E-state index contributed by atoms with van der Waals surface area (Å²) in [5, 5.41) is 0. The van der Waals surface area contributed by atoms with Gasteiger partial charge in [-0.15, -0.1) is 0 Å². The predicted molar refractivity (Wildman–Crippen MR) is 80.3 cm³/mol. The van der Waals surface area contributed by atoms with Gasteiger partial charge in [-0.1, -0.05) is 48.0 Å². The number of rotatable bonds is 1. The first-order valence-corrected chi connectivity index (χ1v) is 7.06. The number of benzene rings is 2. The monoisotopic (exact) mass is 251 g/mol. The van der Waals surface area contributed by atoms with Crippen LogP contribution in [-0.4, -0.2) is 0 Å². The maximum absolute atomic E-state index is 6.84. The van der Waals surface area contributed by atoms with Gasteiger partial charge in [-0.2, -0.15) is 0 Å². The van der Waals surface area contributed by atoms with E-state index in [0.29, 0.717) is 0 Å². The maximum Gasteiger partial charge on any atom is 0.0670 e. The van der Waals surface area contributed by atoms with Crippen LogP contribution in [0.5, 0.6) is 0 Å². The van der Waals surface area contributed by atoms with Crippen molar-refractivity contribution < 1.29 is 0 Å². The van der Waals surface area contributed by atoms with Crippen LogP contribution < -0.4 is 5.73 Å². The van der Waals surface area contributed by atoms with Gasteiger partial charge in [0, 0.05) is 0 Å². The number of fused-ring (bicyclic) bond motifs is 1. The largest absolute Gasteiger partial charge is 0.318 e. The van der Waals surface area contributed by atoms with Crippen LogP contribution in [-0.2, 0) is 12.0 Å². The average Bonchev–Trinajstić information content (AvgIpc) is 2.39. The Morgan fingerprint density at radius 3 is 2.58 bits per heavy atom. The minimum Gasteiger partial charge on any atom is -0.318 e. The molecule has 1 aliphatic rings. The fourth-order valence-electron chi connectivity index (χ4n) is 3.46. The number of hydrogen-bond donors (Lipinski definition) is 1. The van der Waals surface area contributed by atoms with Crippen LogP contribution in [0, 0.1) is 13.8 Å². The van der Waals surface area contributed by atoms with E-state index >= 15 is 0 Å². The molecule has 0 saturated heterocycles. The standard InChI is InChI=1S/C18H21N/c1-13-9-10-16(14(2)12-13)18(19)11-5-7-15-6-3-4-8-17(15)18/h3-4,6,8-10,12H,5,7,11,19H2,1-2H3. The molecule has 2 aromatic rings. The van der Waals surface area contributed by atoms with Crippen molar-refractivity contribution in [2.75, 3.05) is 0 Å². The van der Waals surface area contributed by atoms with Gasteiger partial charge in [-0.25, -0.2) is 0 Å². The van der Waals surface area contributed by atoms with E-state index in [2.05, 4.69) is 56.3 Å². The Morgan fingerprint density at radius 1 is 1.00 bits per heavy atom. The molecule has 0 saturated carbocycles. The molecular formula is C18H21N. The second kappa shape index (κ2) is 4.50.